The van der Waals surface area contributed by atoms with Crippen LogP contribution in [0, 0.1) is 23.5 Å². The number of rotatable bonds is 4. The molecule has 0 aliphatic heterocycles. The summed E-state index contributed by atoms with van der Waals surface area (Å²) in [6, 6.07) is 7.19. The van der Waals surface area contributed by atoms with Crippen molar-refractivity contribution in [3.63, 3.8) is 0 Å². The van der Waals surface area contributed by atoms with Gasteiger partial charge in [0.05, 0.1) is 10.6 Å². The molecule has 0 aliphatic carbocycles. The number of hydrogen-bond acceptors (Lipinski definition) is 5. The molecule has 0 spiro atoms. The zero-order valence-corrected chi connectivity index (χ0v) is 13.9. The molecule has 0 unspecified atom stereocenters. The molecule has 3 aromatic rings. The van der Waals surface area contributed by atoms with Gasteiger partial charge in [0, 0.05) is 0 Å². The molecule has 0 radical (unpaired) electrons. The predicted molar refractivity (Wildman–Crippen MR) is 81.4 cm³/mol. The molecule has 0 saturated carbocycles. The van der Waals surface area contributed by atoms with E-state index >= 15 is 0 Å². The van der Waals surface area contributed by atoms with Gasteiger partial charge in [-0.2, -0.15) is 18.4 Å². The highest BCUT2D eigenvalue weighted by molar-refractivity contribution is 7.99. The van der Waals surface area contributed by atoms with E-state index in [4.69, 9.17) is 0 Å². The number of aromatic nitrogens is 5. The van der Waals surface area contributed by atoms with E-state index in [0.717, 1.165) is 5.56 Å². The van der Waals surface area contributed by atoms with Crippen LogP contribution < -0.4 is 0 Å². The van der Waals surface area contributed by atoms with Gasteiger partial charge in [0.1, 0.15) is 0 Å². The van der Waals surface area contributed by atoms with Crippen LogP contribution in [-0.4, -0.2) is 25.2 Å². The molecule has 0 fully saturated rings. The number of benzene rings is 1. The highest BCUT2D eigenvalue weighted by Gasteiger charge is 2.24. The lowest BCUT2D eigenvalue weighted by molar-refractivity contribution is 0.383. The lowest BCUT2D eigenvalue weighted by atomic mass is 10.0. The molecule has 2 aromatic heterocycles. The van der Waals surface area contributed by atoms with E-state index in [0.29, 0.717) is 23.4 Å². The molecule has 3 rings (SSSR count). The Bertz CT molecular complexity index is 885. The van der Waals surface area contributed by atoms with Crippen LogP contribution in [0.5, 0.6) is 0 Å². The average Bonchev–Trinajstić information content (AvgIpc) is 3.05. The van der Waals surface area contributed by atoms with Gasteiger partial charge in [-0.15, -0.1) is 5.10 Å². The third-order valence-corrected chi connectivity index (χ3v) is 4.40. The third-order valence-electron chi connectivity index (χ3n) is 3.40. The zero-order chi connectivity index (χ0) is 18.1. The largest absolute Gasteiger partial charge is 0.252 e. The average molecular weight is 369 g/mol. The molecule has 0 bridgehead atoms. The summed E-state index contributed by atoms with van der Waals surface area (Å²) in [5.41, 5.74) is 1.62. The fourth-order valence-electron chi connectivity index (χ4n) is 2.05. The second-order valence-corrected chi connectivity index (χ2v) is 6.35. The van der Waals surface area contributed by atoms with Gasteiger partial charge >= 0.3 is 0 Å². The summed E-state index contributed by atoms with van der Waals surface area (Å²) >= 11 is 0.365. The van der Waals surface area contributed by atoms with Crippen molar-refractivity contribution < 1.29 is 17.6 Å². The van der Waals surface area contributed by atoms with Gasteiger partial charge in [0.15, 0.2) is 11.6 Å². The van der Waals surface area contributed by atoms with E-state index in [-0.39, 0.29) is 5.16 Å². The first-order valence-electron chi connectivity index (χ1n) is 7.15. The minimum atomic E-state index is -1.73. The summed E-state index contributed by atoms with van der Waals surface area (Å²) in [5.74, 6) is -6.35. The van der Waals surface area contributed by atoms with Crippen molar-refractivity contribution in [1.82, 2.24) is 25.2 Å². The van der Waals surface area contributed by atoms with Crippen molar-refractivity contribution in [3.8, 4) is 5.69 Å². The summed E-state index contributed by atoms with van der Waals surface area (Å²) in [7, 11) is 0. The molecule has 0 N–H and O–H groups in total. The molecular weight excluding hydrogens is 358 g/mol. The predicted octanol–water partition coefficient (Wildman–Crippen LogP) is 3.89. The monoisotopic (exact) mass is 369 g/mol. The summed E-state index contributed by atoms with van der Waals surface area (Å²) in [6.07, 6.45) is 0. The van der Waals surface area contributed by atoms with Crippen molar-refractivity contribution >= 4 is 11.8 Å². The zero-order valence-electron chi connectivity index (χ0n) is 13.0. The topological polar surface area (TPSA) is 56.5 Å². The Morgan fingerprint density at radius 1 is 0.960 bits per heavy atom. The van der Waals surface area contributed by atoms with Crippen molar-refractivity contribution in [3.05, 3.63) is 53.4 Å². The molecule has 0 atom stereocenters. The molecule has 0 aliphatic rings. The van der Waals surface area contributed by atoms with Gasteiger partial charge in [-0.1, -0.05) is 26.0 Å². The maximum Gasteiger partial charge on any atom is 0.252 e. The highest BCUT2D eigenvalue weighted by Crippen LogP contribution is 2.33. The molecule has 5 nitrogen and oxygen atoms in total. The molecule has 10 heteroatoms. The Morgan fingerprint density at radius 3 is 2.12 bits per heavy atom. The number of hydrogen-bond donors (Lipinski definition) is 0. The van der Waals surface area contributed by atoms with Crippen molar-refractivity contribution in [2.45, 2.75) is 29.8 Å². The van der Waals surface area contributed by atoms with E-state index in [1.54, 1.807) is 12.1 Å². The first-order valence-corrected chi connectivity index (χ1v) is 7.96. The summed E-state index contributed by atoms with van der Waals surface area (Å²) in [4.78, 5) is 1.61. The Morgan fingerprint density at radius 2 is 1.56 bits per heavy atom. The van der Waals surface area contributed by atoms with Crippen LogP contribution in [0.3, 0.4) is 0 Å². The van der Waals surface area contributed by atoms with E-state index < -0.39 is 28.4 Å². The molecule has 25 heavy (non-hydrogen) atoms. The van der Waals surface area contributed by atoms with E-state index in [1.165, 1.54) is 4.68 Å². The van der Waals surface area contributed by atoms with E-state index in [2.05, 4.69) is 20.5 Å². The van der Waals surface area contributed by atoms with Crippen LogP contribution in [0.2, 0.25) is 0 Å². The third kappa shape index (κ3) is 3.34. The van der Waals surface area contributed by atoms with Crippen LogP contribution in [0.25, 0.3) is 5.69 Å². The lowest BCUT2D eigenvalue weighted by Crippen LogP contribution is -2.04. The number of tetrazole rings is 1. The maximum atomic E-state index is 13.8. The van der Waals surface area contributed by atoms with E-state index in [1.807, 2.05) is 26.0 Å². The van der Waals surface area contributed by atoms with Crippen LogP contribution >= 0.6 is 11.8 Å². The van der Waals surface area contributed by atoms with Gasteiger partial charge in [-0.25, -0.2) is 8.78 Å². The van der Waals surface area contributed by atoms with Crippen LogP contribution in [-0.2, 0) is 0 Å². The Kier molecular flexibility index (Phi) is 4.71. The summed E-state index contributed by atoms with van der Waals surface area (Å²) in [5, 5.41) is 10.8. The van der Waals surface area contributed by atoms with Gasteiger partial charge in [0.25, 0.3) is 11.9 Å². The Hall–Kier alpha value is -2.49. The van der Waals surface area contributed by atoms with Crippen molar-refractivity contribution in [2.75, 3.05) is 0 Å². The number of halogens is 4. The minimum absolute atomic E-state index is 0.0555. The van der Waals surface area contributed by atoms with Gasteiger partial charge in [0.2, 0.25) is 5.16 Å². The van der Waals surface area contributed by atoms with Gasteiger partial charge in [-0.05, 0) is 45.8 Å². The summed E-state index contributed by atoms with van der Waals surface area (Å²) < 4.78 is 55.2. The lowest BCUT2D eigenvalue weighted by Gasteiger charge is -2.08. The standard InChI is InChI=1S/C15H11F4N5S/c1-7(2)8-3-5-9(6-4-8)24-15(21-22-23-24)25-12-10(16)13(18)20-14(19)11(12)17/h3-7H,1-2H3. The first-order chi connectivity index (χ1) is 11.9. The second kappa shape index (κ2) is 6.79. The fourth-order valence-corrected chi connectivity index (χ4v) is 2.89. The SMILES string of the molecule is CC(C)c1ccc(-n2nnnc2Sc2c(F)c(F)nc(F)c2F)cc1. The molecule has 2 heterocycles. The molecule has 1 aromatic carbocycles. The van der Waals surface area contributed by atoms with Gasteiger partial charge < -0.3 is 0 Å². The number of nitrogens with zero attached hydrogens (tertiary/aromatic N) is 5. The maximum absolute atomic E-state index is 13.8. The first kappa shape index (κ1) is 17.3. The summed E-state index contributed by atoms with van der Waals surface area (Å²) in [6.45, 7) is 4.07. The minimum Gasteiger partial charge on any atom is -0.201 e. The van der Waals surface area contributed by atoms with Crippen LogP contribution in [0.4, 0.5) is 17.6 Å². The van der Waals surface area contributed by atoms with Crippen LogP contribution in [0.15, 0.2) is 34.3 Å². The van der Waals surface area contributed by atoms with Gasteiger partial charge in [-0.3, -0.25) is 0 Å². The highest BCUT2D eigenvalue weighted by atomic mass is 32.2. The Balaban J connectivity index is 1.98. The van der Waals surface area contributed by atoms with Crippen molar-refractivity contribution in [1.29, 1.82) is 0 Å². The van der Waals surface area contributed by atoms with Crippen LogP contribution in [0.1, 0.15) is 25.3 Å². The Labute approximate surface area is 144 Å². The smallest absolute Gasteiger partial charge is 0.201 e. The quantitative estimate of drug-likeness (QED) is 0.516. The normalized spacial score (nSPS) is 11.3. The molecule has 0 amide bonds. The second-order valence-electron chi connectivity index (χ2n) is 5.37. The van der Waals surface area contributed by atoms with Crippen molar-refractivity contribution in [2.24, 2.45) is 0 Å². The fraction of sp³-hybridized carbons (Fsp3) is 0.200. The number of pyridine rings is 1. The molecule has 0 saturated heterocycles. The molecular formula is C15H11F4N5S. The van der Waals surface area contributed by atoms with E-state index in [9.17, 15) is 17.6 Å². The molecule has 130 valence electrons.